The van der Waals surface area contributed by atoms with E-state index in [-0.39, 0.29) is 17.9 Å². The molecular formula is C17H23N5O2. The molecule has 1 amide bonds. The Morgan fingerprint density at radius 1 is 1.46 bits per heavy atom. The second-order valence-electron chi connectivity index (χ2n) is 6.29. The molecule has 0 unspecified atom stereocenters. The van der Waals surface area contributed by atoms with Crippen molar-refractivity contribution in [2.45, 2.75) is 38.6 Å². The van der Waals surface area contributed by atoms with Gasteiger partial charge in [-0.2, -0.15) is 5.10 Å². The second kappa shape index (κ2) is 7.00. The smallest absolute Gasteiger partial charge is 0.241 e. The highest BCUT2D eigenvalue weighted by atomic mass is 16.5. The quantitative estimate of drug-likeness (QED) is 0.898. The van der Waals surface area contributed by atoms with Crippen LogP contribution in [0.3, 0.4) is 0 Å². The Kier molecular flexibility index (Phi) is 4.80. The molecule has 0 aliphatic heterocycles. The summed E-state index contributed by atoms with van der Waals surface area (Å²) in [7, 11) is 1.78. The fraction of sp³-hybridized carbons (Fsp3) is 0.471. The van der Waals surface area contributed by atoms with Gasteiger partial charge in [-0.1, -0.05) is 6.42 Å². The molecule has 0 spiro atoms. The Balaban J connectivity index is 1.79. The van der Waals surface area contributed by atoms with Gasteiger partial charge in [0.1, 0.15) is 11.4 Å². The van der Waals surface area contributed by atoms with Gasteiger partial charge in [0.05, 0.1) is 11.9 Å². The van der Waals surface area contributed by atoms with Crippen LogP contribution in [0.5, 0.6) is 11.6 Å². The number of pyridine rings is 1. The van der Waals surface area contributed by atoms with E-state index in [1.807, 2.05) is 6.92 Å². The molecule has 2 atom stereocenters. The predicted octanol–water partition coefficient (Wildman–Crippen LogP) is 2.37. The zero-order chi connectivity index (χ0) is 17.1. The standard InChI is InChI=1S/C17H23N5O2/c1-11-15(20-16(23)12-5-3-6-13(18)9-12)17(22(2)21-11)24-14-7-4-8-19-10-14/h4,7-8,10,12-13H,3,5-6,9,18H2,1-2H3,(H,20,23)/t12-,13+/m1/s1. The van der Waals surface area contributed by atoms with E-state index in [2.05, 4.69) is 15.4 Å². The molecule has 24 heavy (non-hydrogen) atoms. The number of aromatic nitrogens is 3. The maximum atomic E-state index is 12.6. The van der Waals surface area contributed by atoms with Gasteiger partial charge in [0, 0.05) is 25.2 Å². The van der Waals surface area contributed by atoms with Crippen molar-refractivity contribution in [2.75, 3.05) is 5.32 Å². The first-order chi connectivity index (χ1) is 11.5. The molecule has 3 N–H and O–H groups in total. The number of anilines is 1. The first kappa shape index (κ1) is 16.4. The first-order valence-electron chi connectivity index (χ1n) is 8.22. The van der Waals surface area contributed by atoms with Crippen molar-refractivity contribution in [1.29, 1.82) is 0 Å². The molecule has 7 heteroatoms. The molecule has 1 aliphatic rings. The lowest BCUT2D eigenvalue weighted by Crippen LogP contribution is -2.34. The summed E-state index contributed by atoms with van der Waals surface area (Å²) in [4.78, 5) is 16.6. The van der Waals surface area contributed by atoms with E-state index in [0.717, 1.165) is 25.7 Å². The summed E-state index contributed by atoms with van der Waals surface area (Å²) in [6.07, 6.45) is 6.88. The molecule has 1 fully saturated rings. The molecule has 2 heterocycles. The minimum Gasteiger partial charge on any atom is -0.436 e. The summed E-state index contributed by atoms with van der Waals surface area (Å²) < 4.78 is 7.48. The maximum Gasteiger partial charge on any atom is 0.241 e. The number of amides is 1. The predicted molar refractivity (Wildman–Crippen MR) is 90.8 cm³/mol. The van der Waals surface area contributed by atoms with E-state index < -0.39 is 0 Å². The summed E-state index contributed by atoms with van der Waals surface area (Å²) in [5, 5.41) is 7.34. The number of nitrogens with zero attached hydrogens (tertiary/aromatic N) is 3. The zero-order valence-electron chi connectivity index (χ0n) is 14.0. The molecule has 0 bridgehead atoms. The molecule has 7 nitrogen and oxygen atoms in total. The van der Waals surface area contributed by atoms with Gasteiger partial charge >= 0.3 is 0 Å². The van der Waals surface area contributed by atoms with Crippen molar-refractivity contribution in [3.8, 4) is 11.6 Å². The summed E-state index contributed by atoms with van der Waals surface area (Å²) >= 11 is 0. The molecule has 1 saturated carbocycles. The summed E-state index contributed by atoms with van der Waals surface area (Å²) in [6, 6.07) is 3.71. The Bertz CT molecular complexity index is 713. The van der Waals surface area contributed by atoms with Gasteiger partial charge in [0.15, 0.2) is 0 Å². The van der Waals surface area contributed by atoms with Gasteiger partial charge < -0.3 is 15.8 Å². The van der Waals surface area contributed by atoms with Crippen LogP contribution in [0.25, 0.3) is 0 Å². The number of nitrogens with one attached hydrogen (secondary N) is 1. The highest BCUT2D eigenvalue weighted by Gasteiger charge is 2.27. The first-order valence-corrected chi connectivity index (χ1v) is 8.22. The average molecular weight is 329 g/mol. The van der Waals surface area contributed by atoms with Gasteiger partial charge in [0.25, 0.3) is 0 Å². The minimum atomic E-state index is -0.0559. The molecule has 0 radical (unpaired) electrons. The van der Waals surface area contributed by atoms with Crippen LogP contribution in [0.1, 0.15) is 31.4 Å². The fourth-order valence-electron chi connectivity index (χ4n) is 3.11. The van der Waals surface area contributed by atoms with Crippen LogP contribution in [-0.4, -0.2) is 26.7 Å². The van der Waals surface area contributed by atoms with Crippen molar-refractivity contribution in [1.82, 2.24) is 14.8 Å². The third kappa shape index (κ3) is 3.56. The Labute approximate surface area is 141 Å². The van der Waals surface area contributed by atoms with Crippen LogP contribution in [-0.2, 0) is 11.8 Å². The van der Waals surface area contributed by atoms with Crippen molar-refractivity contribution in [2.24, 2.45) is 18.7 Å². The Hall–Kier alpha value is -2.41. The van der Waals surface area contributed by atoms with Crippen molar-refractivity contribution < 1.29 is 9.53 Å². The number of nitrogens with two attached hydrogens (primary N) is 1. The van der Waals surface area contributed by atoms with E-state index >= 15 is 0 Å². The van der Waals surface area contributed by atoms with Gasteiger partial charge in [-0.3, -0.25) is 9.78 Å². The lowest BCUT2D eigenvalue weighted by atomic mass is 9.85. The largest absolute Gasteiger partial charge is 0.436 e. The van der Waals surface area contributed by atoms with Crippen molar-refractivity contribution >= 4 is 11.6 Å². The molecule has 0 aromatic carbocycles. The van der Waals surface area contributed by atoms with Gasteiger partial charge in [-0.25, -0.2) is 4.68 Å². The van der Waals surface area contributed by atoms with E-state index in [9.17, 15) is 4.79 Å². The topological polar surface area (TPSA) is 95.1 Å². The minimum absolute atomic E-state index is 0.0164. The number of rotatable bonds is 4. The van der Waals surface area contributed by atoms with Crippen molar-refractivity contribution in [3.63, 3.8) is 0 Å². The molecule has 2 aromatic heterocycles. The third-order valence-electron chi connectivity index (χ3n) is 4.35. The Morgan fingerprint density at radius 2 is 2.29 bits per heavy atom. The third-order valence-corrected chi connectivity index (χ3v) is 4.35. The maximum absolute atomic E-state index is 12.6. The van der Waals surface area contributed by atoms with Crippen LogP contribution in [0, 0.1) is 12.8 Å². The van der Waals surface area contributed by atoms with Crippen LogP contribution in [0.2, 0.25) is 0 Å². The molecular weight excluding hydrogens is 306 g/mol. The number of carbonyl (C=O) groups is 1. The van der Waals surface area contributed by atoms with Crippen molar-refractivity contribution in [3.05, 3.63) is 30.2 Å². The van der Waals surface area contributed by atoms with Crippen LogP contribution < -0.4 is 15.8 Å². The molecule has 0 saturated heterocycles. The van der Waals surface area contributed by atoms with E-state index in [0.29, 0.717) is 23.0 Å². The van der Waals surface area contributed by atoms with Crippen LogP contribution in [0.4, 0.5) is 5.69 Å². The lowest BCUT2D eigenvalue weighted by Gasteiger charge is -2.25. The zero-order valence-corrected chi connectivity index (χ0v) is 14.0. The van der Waals surface area contributed by atoms with E-state index in [4.69, 9.17) is 10.5 Å². The SMILES string of the molecule is Cc1nn(C)c(Oc2cccnc2)c1NC(=O)[C@@H]1CCC[C@H](N)C1. The van der Waals surface area contributed by atoms with Gasteiger partial charge in [0.2, 0.25) is 11.8 Å². The highest BCUT2D eigenvalue weighted by molar-refractivity contribution is 5.94. The van der Waals surface area contributed by atoms with Crippen LogP contribution >= 0.6 is 0 Å². The molecule has 1 aliphatic carbocycles. The molecule has 3 rings (SSSR count). The monoisotopic (exact) mass is 329 g/mol. The average Bonchev–Trinajstić information content (AvgIpc) is 2.83. The molecule has 2 aromatic rings. The number of hydrogen-bond acceptors (Lipinski definition) is 5. The highest BCUT2D eigenvalue weighted by Crippen LogP contribution is 2.33. The second-order valence-corrected chi connectivity index (χ2v) is 6.29. The van der Waals surface area contributed by atoms with E-state index in [1.54, 1.807) is 36.3 Å². The van der Waals surface area contributed by atoms with Gasteiger partial charge in [-0.15, -0.1) is 0 Å². The summed E-state index contributed by atoms with van der Waals surface area (Å²) in [6.45, 7) is 1.85. The lowest BCUT2D eigenvalue weighted by molar-refractivity contribution is -0.120. The number of ether oxygens (including phenoxy) is 1. The summed E-state index contributed by atoms with van der Waals surface area (Å²) in [5.74, 6) is 1.02. The summed E-state index contributed by atoms with van der Waals surface area (Å²) in [5.41, 5.74) is 7.31. The van der Waals surface area contributed by atoms with Gasteiger partial charge in [-0.05, 0) is 38.3 Å². The number of aryl methyl sites for hydroxylation is 2. The van der Waals surface area contributed by atoms with E-state index in [1.165, 1.54) is 0 Å². The number of hydrogen-bond donors (Lipinski definition) is 2. The normalized spacial score (nSPS) is 20.6. The fourth-order valence-corrected chi connectivity index (χ4v) is 3.11. The Morgan fingerprint density at radius 3 is 3.00 bits per heavy atom. The number of carbonyl (C=O) groups excluding carboxylic acids is 1. The molecule has 128 valence electrons. The van der Waals surface area contributed by atoms with Crippen LogP contribution in [0.15, 0.2) is 24.5 Å².